The number of anilines is 1. The minimum Gasteiger partial charge on any atom is -0.481 e. The molecule has 2 N–H and O–H groups in total. The van der Waals surface area contributed by atoms with Crippen molar-refractivity contribution in [1.29, 1.82) is 0 Å². The van der Waals surface area contributed by atoms with E-state index in [1.807, 2.05) is 80.6 Å². The third kappa shape index (κ3) is 5.84. The van der Waals surface area contributed by atoms with Crippen LogP contribution in [0.15, 0.2) is 91.0 Å². The summed E-state index contributed by atoms with van der Waals surface area (Å²) in [6.07, 6.45) is -0.143. The van der Waals surface area contributed by atoms with Crippen LogP contribution in [0.1, 0.15) is 25.8 Å². The first-order chi connectivity index (χ1) is 17.5. The van der Waals surface area contributed by atoms with E-state index in [1.54, 1.807) is 4.90 Å². The van der Waals surface area contributed by atoms with Crippen LogP contribution in [0.5, 0.6) is 5.75 Å². The predicted molar refractivity (Wildman–Crippen MR) is 143 cm³/mol. The van der Waals surface area contributed by atoms with Crippen LogP contribution in [0.4, 0.5) is 10.5 Å². The first-order valence-electron chi connectivity index (χ1n) is 12.1. The lowest BCUT2D eigenvalue weighted by Gasteiger charge is -2.30. The Morgan fingerprint density at radius 1 is 0.917 bits per heavy atom. The molecule has 0 saturated carbocycles. The molecule has 0 saturated heterocycles. The number of rotatable bonds is 9. The lowest BCUT2D eigenvalue weighted by molar-refractivity contribution is -0.136. The molecule has 184 valence electrons. The van der Waals surface area contributed by atoms with E-state index < -0.39 is 12.2 Å². The third-order valence-electron chi connectivity index (χ3n) is 5.97. The topological polar surface area (TPSA) is 78.9 Å². The summed E-state index contributed by atoms with van der Waals surface area (Å²) < 4.78 is 6.43. The summed E-state index contributed by atoms with van der Waals surface area (Å²) in [7, 11) is 0. The highest BCUT2D eigenvalue weighted by atomic mass is 16.5. The molecule has 0 aromatic heterocycles. The molecule has 0 radical (unpaired) electrons. The van der Waals surface area contributed by atoms with Gasteiger partial charge in [-0.05, 0) is 72.5 Å². The molecule has 0 heterocycles. The summed E-state index contributed by atoms with van der Waals surface area (Å²) in [6, 6.07) is 29.2. The van der Waals surface area contributed by atoms with Gasteiger partial charge in [-0.2, -0.15) is 0 Å². The number of ether oxygens (including phenoxy) is 1. The Balaban J connectivity index is 1.73. The molecule has 4 aromatic carbocycles. The van der Waals surface area contributed by atoms with Gasteiger partial charge < -0.3 is 15.2 Å². The molecule has 4 rings (SSSR count). The number of aryl methyl sites for hydroxylation is 1. The molecule has 1 unspecified atom stereocenters. The van der Waals surface area contributed by atoms with Crippen molar-refractivity contribution in [3.63, 3.8) is 0 Å². The number of para-hydroxylation sites is 1. The van der Waals surface area contributed by atoms with E-state index >= 15 is 0 Å². The van der Waals surface area contributed by atoms with E-state index in [4.69, 9.17) is 9.84 Å². The van der Waals surface area contributed by atoms with Crippen LogP contribution in [0.2, 0.25) is 0 Å². The molecule has 36 heavy (non-hydrogen) atoms. The Kier molecular flexibility index (Phi) is 7.85. The largest absolute Gasteiger partial charge is 0.481 e. The fourth-order valence-corrected chi connectivity index (χ4v) is 4.22. The molecule has 0 spiro atoms. The lowest BCUT2D eigenvalue weighted by Crippen LogP contribution is -2.47. The number of urea groups is 1. The van der Waals surface area contributed by atoms with Gasteiger partial charge >= 0.3 is 12.0 Å². The van der Waals surface area contributed by atoms with Crippen LogP contribution in [-0.4, -0.2) is 29.9 Å². The number of carboxylic acids is 1. The highest BCUT2D eigenvalue weighted by Gasteiger charge is 2.24. The number of hydrogen-bond acceptors (Lipinski definition) is 3. The molecule has 0 aliphatic heterocycles. The number of nitrogens with zero attached hydrogens (tertiary/aromatic N) is 1. The van der Waals surface area contributed by atoms with E-state index in [1.165, 1.54) is 0 Å². The SMILES string of the molecule is CCNC(=O)N(c1ccccc1)C(C)Oc1ccc(CCC(=O)O)cc1-c1ccc2ccccc2c1. The first kappa shape index (κ1) is 24.8. The maximum atomic E-state index is 13.0. The molecule has 2 amide bonds. The summed E-state index contributed by atoms with van der Waals surface area (Å²) in [4.78, 5) is 25.7. The Labute approximate surface area is 211 Å². The Bertz CT molecular complexity index is 1350. The molecule has 6 heteroatoms. The molecule has 6 nitrogen and oxygen atoms in total. The second kappa shape index (κ2) is 11.4. The maximum absolute atomic E-state index is 13.0. The Morgan fingerprint density at radius 3 is 2.36 bits per heavy atom. The molecular formula is C30H30N2O4. The van der Waals surface area contributed by atoms with Gasteiger partial charge in [0.05, 0.1) is 0 Å². The van der Waals surface area contributed by atoms with Crippen molar-refractivity contribution in [2.75, 3.05) is 11.4 Å². The number of nitrogens with one attached hydrogen (secondary N) is 1. The fourth-order valence-electron chi connectivity index (χ4n) is 4.22. The van der Waals surface area contributed by atoms with E-state index in [2.05, 4.69) is 29.6 Å². The number of hydrogen-bond donors (Lipinski definition) is 2. The molecule has 0 bridgehead atoms. The van der Waals surface area contributed by atoms with Crippen molar-refractivity contribution in [3.8, 4) is 16.9 Å². The van der Waals surface area contributed by atoms with Crippen LogP contribution in [0.25, 0.3) is 21.9 Å². The summed E-state index contributed by atoms with van der Waals surface area (Å²) >= 11 is 0. The van der Waals surface area contributed by atoms with Gasteiger partial charge in [0.2, 0.25) is 0 Å². The van der Waals surface area contributed by atoms with Crippen molar-refractivity contribution < 1.29 is 19.4 Å². The van der Waals surface area contributed by atoms with E-state index in [-0.39, 0.29) is 12.5 Å². The lowest BCUT2D eigenvalue weighted by atomic mass is 9.97. The van der Waals surface area contributed by atoms with Crippen molar-refractivity contribution >= 4 is 28.5 Å². The monoisotopic (exact) mass is 482 g/mol. The van der Waals surface area contributed by atoms with Gasteiger partial charge in [0, 0.05) is 24.2 Å². The molecule has 0 aliphatic carbocycles. The number of amides is 2. The van der Waals surface area contributed by atoms with Gasteiger partial charge in [0.15, 0.2) is 6.23 Å². The zero-order chi connectivity index (χ0) is 25.5. The number of benzene rings is 4. The average Bonchev–Trinajstić information content (AvgIpc) is 2.88. The summed E-state index contributed by atoms with van der Waals surface area (Å²) in [6.45, 7) is 4.21. The average molecular weight is 483 g/mol. The number of fused-ring (bicyclic) bond motifs is 1. The Morgan fingerprint density at radius 2 is 1.64 bits per heavy atom. The van der Waals surface area contributed by atoms with Gasteiger partial charge in [0.1, 0.15) is 5.75 Å². The summed E-state index contributed by atoms with van der Waals surface area (Å²) in [5.74, 6) is -0.223. The van der Waals surface area contributed by atoms with Crippen LogP contribution in [0, 0.1) is 0 Å². The maximum Gasteiger partial charge on any atom is 0.324 e. The third-order valence-corrected chi connectivity index (χ3v) is 5.97. The quantitative estimate of drug-likeness (QED) is 0.268. The number of carbonyl (C=O) groups excluding carboxylic acids is 1. The van der Waals surface area contributed by atoms with Gasteiger partial charge in [-0.1, -0.05) is 60.7 Å². The van der Waals surface area contributed by atoms with Crippen molar-refractivity contribution in [2.45, 2.75) is 32.9 Å². The van der Waals surface area contributed by atoms with E-state index in [9.17, 15) is 9.59 Å². The molecule has 4 aromatic rings. The predicted octanol–water partition coefficient (Wildman–Crippen LogP) is 6.48. The summed E-state index contributed by atoms with van der Waals surface area (Å²) in [5.41, 5.74) is 3.43. The van der Waals surface area contributed by atoms with Crippen molar-refractivity contribution in [2.24, 2.45) is 0 Å². The zero-order valence-corrected chi connectivity index (χ0v) is 20.5. The van der Waals surface area contributed by atoms with Gasteiger partial charge in [0.25, 0.3) is 0 Å². The first-order valence-corrected chi connectivity index (χ1v) is 12.1. The molecule has 0 fully saturated rings. The second-order valence-electron chi connectivity index (χ2n) is 8.54. The normalized spacial score (nSPS) is 11.6. The zero-order valence-electron chi connectivity index (χ0n) is 20.5. The van der Waals surface area contributed by atoms with Crippen LogP contribution >= 0.6 is 0 Å². The molecular weight excluding hydrogens is 452 g/mol. The van der Waals surface area contributed by atoms with Crippen molar-refractivity contribution in [3.05, 3.63) is 96.6 Å². The number of aliphatic carboxylic acids is 1. The molecule has 1 atom stereocenters. The highest BCUT2D eigenvalue weighted by Crippen LogP contribution is 2.35. The van der Waals surface area contributed by atoms with Gasteiger partial charge in [-0.15, -0.1) is 0 Å². The van der Waals surface area contributed by atoms with E-state index in [0.29, 0.717) is 18.7 Å². The highest BCUT2D eigenvalue weighted by molar-refractivity contribution is 5.92. The van der Waals surface area contributed by atoms with Gasteiger partial charge in [-0.3, -0.25) is 9.69 Å². The number of carbonyl (C=O) groups is 2. The smallest absolute Gasteiger partial charge is 0.324 e. The standard InChI is InChI=1S/C30H30N2O4/c1-3-31-30(35)32(26-11-5-4-6-12-26)21(2)36-28-17-13-22(14-18-29(33)34)19-27(28)25-16-15-23-9-7-8-10-24(23)20-25/h4-13,15-17,19-21H,3,14,18H2,1-2H3,(H,31,35)(H,33,34). The fraction of sp³-hybridized carbons (Fsp3) is 0.200. The van der Waals surface area contributed by atoms with Crippen molar-refractivity contribution in [1.82, 2.24) is 5.32 Å². The van der Waals surface area contributed by atoms with Crippen LogP contribution < -0.4 is 15.0 Å². The Hall–Kier alpha value is -4.32. The van der Waals surface area contributed by atoms with Gasteiger partial charge in [-0.25, -0.2) is 4.79 Å². The van der Waals surface area contributed by atoms with Crippen LogP contribution in [0.3, 0.4) is 0 Å². The minimum absolute atomic E-state index is 0.0484. The molecule has 0 aliphatic rings. The minimum atomic E-state index is -0.836. The summed E-state index contributed by atoms with van der Waals surface area (Å²) in [5, 5.41) is 14.2. The van der Waals surface area contributed by atoms with Crippen LogP contribution in [-0.2, 0) is 11.2 Å². The van der Waals surface area contributed by atoms with E-state index in [0.717, 1.165) is 33.2 Å². The second-order valence-corrected chi connectivity index (χ2v) is 8.54. The number of carboxylic acid groups (broad SMARTS) is 1.